The van der Waals surface area contributed by atoms with E-state index in [0.29, 0.717) is 5.69 Å². The van der Waals surface area contributed by atoms with Crippen LogP contribution in [0.2, 0.25) is 0 Å². The third-order valence-corrected chi connectivity index (χ3v) is 5.84. The highest BCUT2D eigenvalue weighted by atomic mass is 32.2. The standard InChI is InChI=1S/C16H22N2O3S/c19-16(12-6-7-12)17-13-8-10-15(11-9-13)22(20,21)18-14-4-2-1-3-5-14/h8-12,14,18H,1-7H2,(H,17,19). The second-order valence-corrected chi connectivity index (χ2v) is 7.96. The fraction of sp³-hybridized carbons (Fsp3) is 0.562. The molecule has 0 saturated heterocycles. The summed E-state index contributed by atoms with van der Waals surface area (Å²) in [5, 5.41) is 2.81. The largest absolute Gasteiger partial charge is 0.326 e. The van der Waals surface area contributed by atoms with Gasteiger partial charge in [-0.3, -0.25) is 4.79 Å². The van der Waals surface area contributed by atoms with E-state index in [2.05, 4.69) is 10.0 Å². The van der Waals surface area contributed by atoms with Crippen molar-refractivity contribution in [1.29, 1.82) is 0 Å². The Morgan fingerprint density at radius 2 is 1.59 bits per heavy atom. The first-order chi connectivity index (χ1) is 10.5. The van der Waals surface area contributed by atoms with Gasteiger partial charge < -0.3 is 5.32 Å². The Bertz CT molecular complexity index is 630. The van der Waals surface area contributed by atoms with Crippen LogP contribution in [0.4, 0.5) is 5.69 Å². The SMILES string of the molecule is O=C(Nc1ccc(S(=O)(=O)NC2CCCCC2)cc1)C1CC1. The first-order valence-electron chi connectivity index (χ1n) is 7.98. The molecule has 2 aliphatic rings. The van der Waals surface area contributed by atoms with E-state index in [1.54, 1.807) is 24.3 Å². The summed E-state index contributed by atoms with van der Waals surface area (Å²) < 4.78 is 27.5. The zero-order valence-corrected chi connectivity index (χ0v) is 13.4. The average Bonchev–Trinajstić information content (AvgIpc) is 3.33. The minimum atomic E-state index is -3.47. The highest BCUT2D eigenvalue weighted by molar-refractivity contribution is 7.89. The molecule has 6 heteroatoms. The van der Waals surface area contributed by atoms with E-state index in [1.807, 2.05) is 0 Å². The van der Waals surface area contributed by atoms with Crippen molar-refractivity contribution in [3.8, 4) is 0 Å². The molecule has 1 aromatic rings. The monoisotopic (exact) mass is 322 g/mol. The number of anilines is 1. The van der Waals surface area contributed by atoms with Gasteiger partial charge in [-0.2, -0.15) is 0 Å². The van der Waals surface area contributed by atoms with Crippen molar-refractivity contribution in [2.75, 3.05) is 5.32 Å². The van der Waals surface area contributed by atoms with Gasteiger partial charge in [0.25, 0.3) is 0 Å². The lowest BCUT2D eigenvalue weighted by Gasteiger charge is -2.22. The second-order valence-electron chi connectivity index (χ2n) is 6.24. The molecule has 0 radical (unpaired) electrons. The van der Waals surface area contributed by atoms with Gasteiger partial charge in [0.1, 0.15) is 0 Å². The number of benzene rings is 1. The average molecular weight is 322 g/mol. The zero-order chi connectivity index (χ0) is 15.6. The van der Waals surface area contributed by atoms with E-state index in [1.165, 1.54) is 6.42 Å². The van der Waals surface area contributed by atoms with Crippen LogP contribution in [-0.4, -0.2) is 20.4 Å². The van der Waals surface area contributed by atoms with E-state index < -0.39 is 10.0 Å². The van der Waals surface area contributed by atoms with Gasteiger partial charge in [0, 0.05) is 17.6 Å². The summed E-state index contributed by atoms with van der Waals surface area (Å²) in [5.74, 6) is 0.160. The maximum atomic E-state index is 12.4. The molecular weight excluding hydrogens is 300 g/mol. The van der Waals surface area contributed by atoms with E-state index >= 15 is 0 Å². The van der Waals surface area contributed by atoms with E-state index in [4.69, 9.17) is 0 Å². The maximum Gasteiger partial charge on any atom is 0.240 e. The molecule has 0 atom stereocenters. The van der Waals surface area contributed by atoms with Gasteiger partial charge in [-0.1, -0.05) is 19.3 Å². The van der Waals surface area contributed by atoms with Gasteiger partial charge >= 0.3 is 0 Å². The van der Waals surface area contributed by atoms with Crippen LogP contribution in [0, 0.1) is 5.92 Å². The molecule has 0 aromatic heterocycles. The van der Waals surface area contributed by atoms with Crippen molar-refractivity contribution in [3.05, 3.63) is 24.3 Å². The van der Waals surface area contributed by atoms with Crippen molar-refractivity contribution >= 4 is 21.6 Å². The molecule has 120 valence electrons. The van der Waals surface area contributed by atoms with E-state index in [0.717, 1.165) is 38.5 Å². The predicted molar refractivity (Wildman–Crippen MR) is 85.0 cm³/mol. The quantitative estimate of drug-likeness (QED) is 0.875. The van der Waals surface area contributed by atoms with E-state index in [9.17, 15) is 13.2 Å². The molecule has 1 aromatic carbocycles. The van der Waals surface area contributed by atoms with Crippen molar-refractivity contribution in [2.45, 2.75) is 55.9 Å². The Kier molecular flexibility index (Phi) is 4.49. The van der Waals surface area contributed by atoms with Crippen LogP contribution >= 0.6 is 0 Å². The molecule has 22 heavy (non-hydrogen) atoms. The highest BCUT2D eigenvalue weighted by Gasteiger charge is 2.29. The van der Waals surface area contributed by atoms with Crippen LogP contribution < -0.4 is 10.0 Å². The minimum absolute atomic E-state index is 0.0240. The molecule has 2 aliphatic carbocycles. The third-order valence-electron chi connectivity index (χ3n) is 4.31. The van der Waals surface area contributed by atoms with Crippen molar-refractivity contribution in [3.63, 3.8) is 0 Å². The fourth-order valence-corrected chi connectivity index (χ4v) is 4.12. The molecule has 2 saturated carbocycles. The zero-order valence-electron chi connectivity index (χ0n) is 12.5. The molecule has 0 unspecified atom stereocenters. The summed E-state index contributed by atoms with van der Waals surface area (Å²) in [6, 6.07) is 6.44. The Morgan fingerprint density at radius 3 is 2.18 bits per heavy atom. The molecule has 0 aliphatic heterocycles. The van der Waals surface area contributed by atoms with Crippen LogP contribution in [0.5, 0.6) is 0 Å². The number of amides is 1. The van der Waals surface area contributed by atoms with Crippen LogP contribution in [0.25, 0.3) is 0 Å². The molecule has 3 rings (SSSR count). The Hall–Kier alpha value is -1.40. The van der Waals surface area contributed by atoms with Crippen molar-refractivity contribution in [1.82, 2.24) is 4.72 Å². The summed E-state index contributed by atoms with van der Waals surface area (Å²) in [7, 11) is -3.47. The number of nitrogens with one attached hydrogen (secondary N) is 2. The smallest absolute Gasteiger partial charge is 0.240 e. The lowest BCUT2D eigenvalue weighted by atomic mass is 9.96. The van der Waals surface area contributed by atoms with Gasteiger partial charge in [0.15, 0.2) is 0 Å². The molecule has 0 heterocycles. The van der Waals surface area contributed by atoms with Gasteiger partial charge in [0.2, 0.25) is 15.9 Å². The van der Waals surface area contributed by atoms with Gasteiger partial charge in [-0.05, 0) is 49.9 Å². The van der Waals surface area contributed by atoms with Crippen molar-refractivity contribution < 1.29 is 13.2 Å². The predicted octanol–water partition coefficient (Wildman–Crippen LogP) is 2.65. The van der Waals surface area contributed by atoms with Crippen molar-refractivity contribution in [2.24, 2.45) is 5.92 Å². The number of hydrogen-bond acceptors (Lipinski definition) is 3. The normalized spacial score (nSPS) is 19.8. The molecule has 0 spiro atoms. The topological polar surface area (TPSA) is 75.3 Å². The lowest BCUT2D eigenvalue weighted by molar-refractivity contribution is -0.117. The summed E-state index contributed by atoms with van der Waals surface area (Å²) in [6.45, 7) is 0. The summed E-state index contributed by atoms with van der Waals surface area (Å²) in [5.41, 5.74) is 0.647. The summed E-state index contributed by atoms with van der Waals surface area (Å²) >= 11 is 0. The van der Waals surface area contributed by atoms with Crippen LogP contribution in [0.15, 0.2) is 29.2 Å². The summed E-state index contributed by atoms with van der Waals surface area (Å²) in [4.78, 5) is 11.9. The third kappa shape index (κ3) is 3.87. The first-order valence-corrected chi connectivity index (χ1v) is 9.46. The molecule has 0 bridgehead atoms. The number of rotatable bonds is 5. The number of sulfonamides is 1. The molecule has 2 N–H and O–H groups in total. The Labute approximate surface area is 131 Å². The van der Waals surface area contributed by atoms with Gasteiger partial charge in [-0.15, -0.1) is 0 Å². The minimum Gasteiger partial charge on any atom is -0.326 e. The van der Waals surface area contributed by atoms with Crippen LogP contribution in [-0.2, 0) is 14.8 Å². The Balaban J connectivity index is 1.64. The number of carbonyl (C=O) groups excluding carboxylic acids is 1. The van der Waals surface area contributed by atoms with Gasteiger partial charge in [0.05, 0.1) is 4.90 Å². The van der Waals surface area contributed by atoms with Crippen LogP contribution in [0.1, 0.15) is 44.9 Å². The first kappa shape index (κ1) is 15.5. The Morgan fingerprint density at radius 1 is 0.955 bits per heavy atom. The van der Waals surface area contributed by atoms with Gasteiger partial charge in [-0.25, -0.2) is 13.1 Å². The molecule has 5 nitrogen and oxygen atoms in total. The molecule has 2 fully saturated rings. The molecule has 1 amide bonds. The van der Waals surface area contributed by atoms with E-state index in [-0.39, 0.29) is 22.8 Å². The second kappa shape index (κ2) is 6.38. The molecular formula is C16H22N2O3S. The number of carbonyl (C=O) groups is 1. The summed E-state index contributed by atoms with van der Waals surface area (Å²) in [6.07, 6.45) is 7.07. The lowest BCUT2D eigenvalue weighted by Crippen LogP contribution is -2.36. The fourth-order valence-electron chi connectivity index (χ4n) is 2.82. The maximum absolute atomic E-state index is 12.4. The number of hydrogen-bond donors (Lipinski definition) is 2. The highest BCUT2D eigenvalue weighted by Crippen LogP contribution is 2.30. The van der Waals surface area contributed by atoms with Crippen LogP contribution in [0.3, 0.4) is 0 Å².